The minimum atomic E-state index is 0.771. The number of nitrogens with zero attached hydrogens (tertiary/aromatic N) is 5. The molecule has 25 heavy (non-hydrogen) atoms. The van der Waals surface area contributed by atoms with Crippen LogP contribution in [0.4, 0.5) is 5.95 Å². The molecule has 0 bridgehead atoms. The van der Waals surface area contributed by atoms with Crippen LogP contribution < -0.4 is 10.2 Å². The number of nitrogens with one attached hydrogen (secondary N) is 1. The third kappa shape index (κ3) is 4.82. The molecule has 1 aliphatic heterocycles. The fourth-order valence-corrected chi connectivity index (χ4v) is 3.00. The average molecular weight is 359 g/mol. The second-order valence-corrected chi connectivity index (χ2v) is 6.31. The fourth-order valence-electron chi connectivity index (χ4n) is 2.87. The summed E-state index contributed by atoms with van der Waals surface area (Å²) in [5.74, 6) is 1.75. The molecule has 0 amide bonds. The quantitative estimate of drug-likeness (QED) is 0.669. The summed E-state index contributed by atoms with van der Waals surface area (Å²) in [4.78, 5) is 17.5. The van der Waals surface area contributed by atoms with Crippen LogP contribution in [0.25, 0.3) is 0 Å². The van der Waals surface area contributed by atoms with Gasteiger partial charge in [0.2, 0.25) is 5.95 Å². The average Bonchev–Trinajstić information content (AvgIpc) is 2.68. The molecule has 1 saturated heterocycles. The summed E-state index contributed by atoms with van der Waals surface area (Å²) in [5.41, 5.74) is 1.26. The summed E-state index contributed by atoms with van der Waals surface area (Å²) < 4.78 is 0. The van der Waals surface area contributed by atoms with Gasteiger partial charge in [0.05, 0.1) is 0 Å². The van der Waals surface area contributed by atoms with Crippen molar-refractivity contribution in [1.29, 1.82) is 0 Å². The van der Waals surface area contributed by atoms with E-state index in [4.69, 9.17) is 11.6 Å². The molecule has 0 spiro atoms. The standard InChI is InChI=1S/C18H23ClN6/c1-20-17(23-10-7-15-3-5-16(19)6-4-15)24-11-13-25(14-12-24)18-21-8-2-9-22-18/h2-6,8-9H,7,10-14H2,1H3,(H,20,23). The highest BCUT2D eigenvalue weighted by Gasteiger charge is 2.20. The van der Waals surface area contributed by atoms with Gasteiger partial charge in [0.15, 0.2) is 5.96 Å². The summed E-state index contributed by atoms with van der Waals surface area (Å²) in [6.45, 7) is 4.43. The number of aliphatic imine (C=N–C) groups is 1. The van der Waals surface area contributed by atoms with Gasteiger partial charge in [-0.3, -0.25) is 4.99 Å². The Morgan fingerprint density at radius 2 is 1.80 bits per heavy atom. The lowest BCUT2D eigenvalue weighted by Crippen LogP contribution is -2.53. The van der Waals surface area contributed by atoms with Crippen LogP contribution in [0.2, 0.25) is 5.02 Å². The molecule has 1 aliphatic rings. The zero-order chi connectivity index (χ0) is 17.5. The lowest BCUT2D eigenvalue weighted by molar-refractivity contribution is 0.370. The molecule has 1 fully saturated rings. The number of aromatic nitrogens is 2. The van der Waals surface area contributed by atoms with Crippen molar-refractivity contribution in [3.63, 3.8) is 0 Å². The van der Waals surface area contributed by atoms with Gasteiger partial charge >= 0.3 is 0 Å². The maximum atomic E-state index is 5.92. The van der Waals surface area contributed by atoms with Crippen LogP contribution in [0.1, 0.15) is 5.56 Å². The van der Waals surface area contributed by atoms with Crippen molar-refractivity contribution in [2.24, 2.45) is 4.99 Å². The molecule has 0 radical (unpaired) electrons. The summed E-state index contributed by atoms with van der Waals surface area (Å²) in [7, 11) is 1.83. The summed E-state index contributed by atoms with van der Waals surface area (Å²) >= 11 is 5.92. The number of halogens is 1. The molecule has 0 aliphatic carbocycles. The van der Waals surface area contributed by atoms with E-state index >= 15 is 0 Å². The molecule has 7 heteroatoms. The molecular formula is C18H23ClN6. The minimum absolute atomic E-state index is 0.771. The Balaban J connectivity index is 1.47. The second-order valence-electron chi connectivity index (χ2n) is 5.87. The largest absolute Gasteiger partial charge is 0.356 e. The van der Waals surface area contributed by atoms with E-state index in [2.05, 4.69) is 42.2 Å². The molecule has 1 aromatic carbocycles. The molecule has 132 valence electrons. The number of anilines is 1. The van der Waals surface area contributed by atoms with Gasteiger partial charge in [0.25, 0.3) is 0 Å². The van der Waals surface area contributed by atoms with Gasteiger partial charge in [0.1, 0.15) is 0 Å². The first-order valence-electron chi connectivity index (χ1n) is 8.48. The van der Waals surface area contributed by atoms with Gasteiger partial charge < -0.3 is 15.1 Å². The normalized spacial score (nSPS) is 15.4. The fraction of sp³-hybridized carbons (Fsp3) is 0.389. The van der Waals surface area contributed by atoms with E-state index in [0.717, 1.165) is 56.1 Å². The van der Waals surface area contributed by atoms with Crippen molar-refractivity contribution in [3.05, 3.63) is 53.3 Å². The molecule has 2 aromatic rings. The Kier molecular flexibility index (Phi) is 6.06. The Hall–Kier alpha value is -2.34. The van der Waals surface area contributed by atoms with Crippen molar-refractivity contribution in [2.75, 3.05) is 44.7 Å². The van der Waals surface area contributed by atoms with Crippen molar-refractivity contribution in [3.8, 4) is 0 Å². The van der Waals surface area contributed by atoms with E-state index in [1.54, 1.807) is 12.4 Å². The molecule has 2 heterocycles. The third-order valence-corrected chi connectivity index (χ3v) is 4.49. The highest BCUT2D eigenvalue weighted by Crippen LogP contribution is 2.11. The Morgan fingerprint density at radius 1 is 1.12 bits per heavy atom. The van der Waals surface area contributed by atoms with E-state index in [0.29, 0.717) is 0 Å². The first-order chi connectivity index (χ1) is 12.3. The van der Waals surface area contributed by atoms with Gasteiger partial charge in [-0.2, -0.15) is 0 Å². The minimum Gasteiger partial charge on any atom is -0.356 e. The van der Waals surface area contributed by atoms with Crippen molar-refractivity contribution in [1.82, 2.24) is 20.2 Å². The van der Waals surface area contributed by atoms with Crippen LogP contribution in [-0.2, 0) is 6.42 Å². The van der Waals surface area contributed by atoms with Crippen LogP contribution in [0.3, 0.4) is 0 Å². The molecule has 6 nitrogen and oxygen atoms in total. The Bertz CT molecular complexity index is 680. The Labute approximate surface area is 153 Å². The van der Waals surface area contributed by atoms with E-state index in [1.807, 2.05) is 25.2 Å². The zero-order valence-corrected chi connectivity index (χ0v) is 15.2. The Morgan fingerprint density at radius 3 is 2.44 bits per heavy atom. The molecule has 0 unspecified atom stereocenters. The maximum absolute atomic E-state index is 5.92. The first-order valence-corrected chi connectivity index (χ1v) is 8.86. The summed E-state index contributed by atoms with van der Waals surface area (Å²) in [6, 6.07) is 9.82. The molecular weight excluding hydrogens is 336 g/mol. The van der Waals surface area contributed by atoms with Gasteiger partial charge in [-0.05, 0) is 30.2 Å². The predicted octanol–water partition coefficient (Wildman–Crippen LogP) is 2.07. The second kappa shape index (κ2) is 8.67. The molecule has 3 rings (SSSR count). The number of piperazine rings is 1. The van der Waals surface area contributed by atoms with E-state index < -0.39 is 0 Å². The number of rotatable bonds is 4. The van der Waals surface area contributed by atoms with E-state index in [1.165, 1.54) is 5.56 Å². The zero-order valence-electron chi connectivity index (χ0n) is 14.4. The van der Waals surface area contributed by atoms with Crippen LogP contribution >= 0.6 is 11.6 Å². The highest BCUT2D eigenvalue weighted by atomic mass is 35.5. The SMILES string of the molecule is CN=C(NCCc1ccc(Cl)cc1)N1CCN(c2ncccn2)CC1. The lowest BCUT2D eigenvalue weighted by atomic mass is 10.1. The monoisotopic (exact) mass is 358 g/mol. The van der Waals surface area contributed by atoms with Gasteiger partial charge in [-0.15, -0.1) is 0 Å². The maximum Gasteiger partial charge on any atom is 0.225 e. The van der Waals surface area contributed by atoms with Crippen LogP contribution in [0.5, 0.6) is 0 Å². The van der Waals surface area contributed by atoms with Gasteiger partial charge in [0, 0.05) is 57.2 Å². The molecule has 0 saturated carbocycles. The van der Waals surface area contributed by atoms with Crippen LogP contribution in [0.15, 0.2) is 47.7 Å². The topological polar surface area (TPSA) is 56.7 Å². The predicted molar refractivity (Wildman–Crippen MR) is 102 cm³/mol. The number of hydrogen-bond donors (Lipinski definition) is 1. The summed E-state index contributed by atoms with van der Waals surface area (Å²) in [5, 5.41) is 4.22. The number of guanidine groups is 1. The molecule has 1 aromatic heterocycles. The van der Waals surface area contributed by atoms with Crippen molar-refractivity contribution >= 4 is 23.5 Å². The molecule has 0 atom stereocenters. The van der Waals surface area contributed by atoms with E-state index in [-0.39, 0.29) is 0 Å². The molecule has 1 N–H and O–H groups in total. The summed E-state index contributed by atoms with van der Waals surface area (Å²) in [6.07, 6.45) is 4.51. The number of hydrogen-bond acceptors (Lipinski definition) is 4. The lowest BCUT2D eigenvalue weighted by Gasteiger charge is -2.36. The first kappa shape index (κ1) is 17.5. The smallest absolute Gasteiger partial charge is 0.225 e. The van der Waals surface area contributed by atoms with Crippen LogP contribution in [-0.4, -0.2) is 60.6 Å². The number of benzene rings is 1. The van der Waals surface area contributed by atoms with Crippen molar-refractivity contribution < 1.29 is 0 Å². The van der Waals surface area contributed by atoms with Gasteiger partial charge in [-0.25, -0.2) is 9.97 Å². The van der Waals surface area contributed by atoms with Gasteiger partial charge in [-0.1, -0.05) is 23.7 Å². The van der Waals surface area contributed by atoms with E-state index in [9.17, 15) is 0 Å². The van der Waals surface area contributed by atoms with Crippen LogP contribution in [0, 0.1) is 0 Å². The highest BCUT2D eigenvalue weighted by molar-refractivity contribution is 6.30. The third-order valence-electron chi connectivity index (χ3n) is 4.24. The van der Waals surface area contributed by atoms with Crippen molar-refractivity contribution in [2.45, 2.75) is 6.42 Å².